The third-order valence-electron chi connectivity index (χ3n) is 4.73. The minimum absolute atomic E-state index is 0.0391. The van der Waals surface area contributed by atoms with Gasteiger partial charge in [-0.3, -0.25) is 4.79 Å². The molecule has 4 unspecified atom stereocenters. The van der Waals surface area contributed by atoms with E-state index in [1.807, 2.05) is 0 Å². The number of benzene rings is 1. The topological polar surface area (TPSA) is 76.0 Å². The maximum absolute atomic E-state index is 14.3. The highest BCUT2D eigenvalue weighted by Crippen LogP contribution is 2.51. The highest BCUT2D eigenvalue weighted by Gasteiger charge is 2.52. The van der Waals surface area contributed by atoms with Gasteiger partial charge in [0.2, 0.25) is 5.82 Å². The molecule has 1 saturated carbocycles. The molecule has 28 heavy (non-hydrogen) atoms. The molecular formula is C18H21F5O5. The van der Waals surface area contributed by atoms with E-state index >= 15 is 0 Å². The number of halogens is 5. The minimum Gasteiger partial charge on any atom is -0.487 e. The number of aliphatic hydroxyl groups excluding tert-OH is 2. The van der Waals surface area contributed by atoms with Crippen molar-refractivity contribution in [2.75, 3.05) is 19.8 Å². The Kier molecular flexibility index (Phi) is 7.22. The molecule has 158 valence electrons. The summed E-state index contributed by atoms with van der Waals surface area (Å²) in [4.78, 5) is 12.2. The van der Waals surface area contributed by atoms with Crippen LogP contribution in [0.4, 0.5) is 22.0 Å². The summed E-state index contributed by atoms with van der Waals surface area (Å²) in [6.45, 7) is 0.148. The van der Waals surface area contributed by atoms with Crippen LogP contribution in [-0.2, 0) is 9.53 Å². The Morgan fingerprint density at radius 2 is 1.96 bits per heavy atom. The molecule has 0 spiro atoms. The maximum Gasteiger partial charge on any atom is 0.391 e. The number of carbonyl (C=O) groups excluding carboxylic acids is 1. The Hall–Kier alpha value is -1.94. The number of rotatable bonds is 7. The molecular weight excluding hydrogens is 391 g/mol. The Morgan fingerprint density at radius 1 is 1.29 bits per heavy atom. The summed E-state index contributed by atoms with van der Waals surface area (Å²) in [5.74, 6) is -8.41. The highest BCUT2D eigenvalue weighted by molar-refractivity contribution is 5.74. The first kappa shape index (κ1) is 22.4. The van der Waals surface area contributed by atoms with Gasteiger partial charge in [0.15, 0.2) is 11.6 Å². The number of alkyl halides is 3. The third-order valence-corrected chi connectivity index (χ3v) is 4.73. The van der Waals surface area contributed by atoms with Crippen LogP contribution in [0.25, 0.3) is 0 Å². The van der Waals surface area contributed by atoms with Gasteiger partial charge in [0, 0.05) is 11.5 Å². The molecule has 5 nitrogen and oxygen atoms in total. The number of aliphatic hydroxyl groups is 2. The molecule has 0 aromatic heterocycles. The Labute approximate surface area is 158 Å². The van der Waals surface area contributed by atoms with Crippen LogP contribution in [0.1, 0.15) is 31.2 Å². The van der Waals surface area contributed by atoms with Crippen molar-refractivity contribution in [3.63, 3.8) is 0 Å². The molecule has 10 heteroatoms. The van der Waals surface area contributed by atoms with Crippen LogP contribution in [0, 0.1) is 23.5 Å². The lowest BCUT2D eigenvalue weighted by molar-refractivity contribution is -0.174. The van der Waals surface area contributed by atoms with Crippen LogP contribution in [0.15, 0.2) is 12.1 Å². The molecule has 1 aromatic carbocycles. The smallest absolute Gasteiger partial charge is 0.391 e. The van der Waals surface area contributed by atoms with E-state index in [0.717, 1.165) is 12.1 Å². The van der Waals surface area contributed by atoms with Gasteiger partial charge >= 0.3 is 12.1 Å². The van der Waals surface area contributed by atoms with Gasteiger partial charge < -0.3 is 19.7 Å². The van der Waals surface area contributed by atoms with Gasteiger partial charge in [-0.2, -0.15) is 17.6 Å². The average molecular weight is 412 g/mol. The quantitative estimate of drug-likeness (QED) is 0.532. The Bertz CT molecular complexity index is 694. The number of carbonyl (C=O) groups is 1. The fourth-order valence-electron chi connectivity index (χ4n) is 3.38. The van der Waals surface area contributed by atoms with Crippen molar-refractivity contribution in [2.45, 2.75) is 38.0 Å². The van der Waals surface area contributed by atoms with E-state index in [1.165, 1.54) is 6.92 Å². The summed E-state index contributed by atoms with van der Waals surface area (Å²) in [5.41, 5.74) is -0.117. The monoisotopic (exact) mass is 412 g/mol. The van der Waals surface area contributed by atoms with Gasteiger partial charge in [0.25, 0.3) is 0 Å². The SMILES string of the molecule is CCOC(=O)C1CC(C(F)(F)F)CC1c1ccc(F)c(F)c1OCC(O)CO. The lowest BCUT2D eigenvalue weighted by Crippen LogP contribution is -2.24. The Balaban J connectivity index is 2.43. The van der Waals surface area contributed by atoms with Crippen molar-refractivity contribution in [3.05, 3.63) is 29.3 Å². The normalized spacial score (nSPS) is 23.5. The molecule has 0 amide bonds. The molecule has 4 atom stereocenters. The molecule has 1 aromatic rings. The van der Waals surface area contributed by atoms with Crippen LogP contribution in [0.3, 0.4) is 0 Å². The Morgan fingerprint density at radius 3 is 2.54 bits per heavy atom. The van der Waals surface area contributed by atoms with Crippen molar-refractivity contribution in [3.8, 4) is 5.75 Å². The van der Waals surface area contributed by atoms with E-state index in [0.29, 0.717) is 0 Å². The summed E-state index contributed by atoms with van der Waals surface area (Å²) in [6, 6.07) is 1.80. The van der Waals surface area contributed by atoms with E-state index in [1.54, 1.807) is 0 Å². The molecule has 0 heterocycles. The van der Waals surface area contributed by atoms with Crippen LogP contribution in [0.5, 0.6) is 5.75 Å². The number of hydrogen-bond acceptors (Lipinski definition) is 5. The van der Waals surface area contributed by atoms with E-state index < -0.39 is 79.4 Å². The van der Waals surface area contributed by atoms with Crippen molar-refractivity contribution in [1.82, 2.24) is 0 Å². The molecule has 1 aliphatic rings. The number of ether oxygens (including phenoxy) is 2. The average Bonchev–Trinajstić information content (AvgIpc) is 3.08. The predicted octanol–water partition coefficient (Wildman–Crippen LogP) is 2.93. The molecule has 2 N–H and O–H groups in total. The fraction of sp³-hybridized carbons (Fsp3) is 0.611. The summed E-state index contributed by atoms with van der Waals surface area (Å²) < 4.78 is 77.6. The van der Waals surface area contributed by atoms with Gasteiger partial charge in [-0.25, -0.2) is 4.39 Å². The second-order valence-corrected chi connectivity index (χ2v) is 6.60. The number of esters is 1. The van der Waals surface area contributed by atoms with E-state index in [-0.39, 0.29) is 12.2 Å². The predicted molar refractivity (Wildman–Crippen MR) is 86.6 cm³/mol. The first-order valence-electron chi connectivity index (χ1n) is 8.73. The summed E-state index contributed by atoms with van der Waals surface area (Å²) in [7, 11) is 0. The van der Waals surface area contributed by atoms with Crippen molar-refractivity contribution in [2.24, 2.45) is 11.8 Å². The summed E-state index contributed by atoms with van der Waals surface area (Å²) in [5, 5.41) is 18.2. The zero-order valence-electron chi connectivity index (χ0n) is 15.0. The number of hydrogen-bond donors (Lipinski definition) is 2. The molecule has 0 saturated heterocycles. The first-order valence-corrected chi connectivity index (χ1v) is 8.73. The van der Waals surface area contributed by atoms with Crippen LogP contribution in [-0.4, -0.2) is 48.3 Å². The fourth-order valence-corrected chi connectivity index (χ4v) is 3.38. The molecule has 0 aliphatic heterocycles. The lowest BCUT2D eigenvalue weighted by Gasteiger charge is -2.22. The van der Waals surface area contributed by atoms with Gasteiger partial charge in [-0.1, -0.05) is 6.07 Å². The van der Waals surface area contributed by atoms with E-state index in [2.05, 4.69) is 0 Å². The minimum atomic E-state index is -4.56. The van der Waals surface area contributed by atoms with Gasteiger partial charge in [-0.05, 0) is 25.8 Å². The zero-order chi connectivity index (χ0) is 21.1. The second kappa shape index (κ2) is 9.04. The van der Waals surface area contributed by atoms with Gasteiger partial charge in [0.05, 0.1) is 25.0 Å². The molecule has 1 aliphatic carbocycles. The second-order valence-electron chi connectivity index (χ2n) is 6.60. The van der Waals surface area contributed by atoms with E-state index in [9.17, 15) is 31.9 Å². The van der Waals surface area contributed by atoms with Crippen LogP contribution < -0.4 is 4.74 Å². The first-order chi connectivity index (χ1) is 13.1. The van der Waals surface area contributed by atoms with Crippen molar-refractivity contribution < 1.29 is 46.4 Å². The summed E-state index contributed by atoms with van der Waals surface area (Å²) in [6.07, 6.45) is -7.02. The van der Waals surface area contributed by atoms with Crippen LogP contribution in [0.2, 0.25) is 0 Å². The molecule has 0 bridgehead atoms. The van der Waals surface area contributed by atoms with Crippen molar-refractivity contribution in [1.29, 1.82) is 0 Å². The standard InChI is InChI=1S/C18H21F5O5/c1-2-27-17(26)13-6-9(18(21,22)23)5-12(13)11-3-4-14(19)15(20)16(11)28-8-10(25)7-24/h3-4,9-10,12-13,24-25H,2,5-8H2,1H3. The lowest BCUT2D eigenvalue weighted by atomic mass is 9.88. The largest absolute Gasteiger partial charge is 0.487 e. The van der Waals surface area contributed by atoms with Crippen LogP contribution >= 0.6 is 0 Å². The van der Waals surface area contributed by atoms with Gasteiger partial charge in [0.1, 0.15) is 12.7 Å². The molecule has 0 radical (unpaired) electrons. The summed E-state index contributed by atoms with van der Waals surface area (Å²) >= 11 is 0. The van der Waals surface area contributed by atoms with Crippen molar-refractivity contribution >= 4 is 5.97 Å². The molecule has 2 rings (SSSR count). The van der Waals surface area contributed by atoms with E-state index in [4.69, 9.17) is 14.6 Å². The molecule has 1 fully saturated rings. The maximum atomic E-state index is 14.3. The van der Waals surface area contributed by atoms with Gasteiger partial charge in [-0.15, -0.1) is 0 Å². The zero-order valence-corrected chi connectivity index (χ0v) is 15.0. The third kappa shape index (κ3) is 4.91. The highest BCUT2D eigenvalue weighted by atomic mass is 19.4.